The van der Waals surface area contributed by atoms with Gasteiger partial charge in [-0.1, -0.05) is 78.9 Å². The maximum absolute atomic E-state index is 6.35. The number of hydrogen-bond acceptors (Lipinski definition) is 1. The highest BCUT2D eigenvalue weighted by atomic mass is 16.3. The third-order valence-electron chi connectivity index (χ3n) is 8.33. The minimum absolute atomic E-state index is 0.914. The van der Waals surface area contributed by atoms with Gasteiger partial charge in [0.2, 0.25) is 0 Å². The summed E-state index contributed by atoms with van der Waals surface area (Å²) in [4.78, 5) is 0. The van der Waals surface area contributed by atoms with E-state index in [-0.39, 0.29) is 0 Å². The molecule has 9 aromatic rings. The molecule has 0 radical (unpaired) electrons. The molecule has 0 saturated heterocycles. The molecule has 0 bridgehead atoms. The number of aromatic nitrogens is 2. The van der Waals surface area contributed by atoms with E-state index in [9.17, 15) is 0 Å². The zero-order valence-electron chi connectivity index (χ0n) is 22.2. The molecule has 6 aromatic carbocycles. The number of rotatable bonds is 3. The van der Waals surface area contributed by atoms with E-state index < -0.39 is 0 Å². The van der Waals surface area contributed by atoms with Crippen molar-refractivity contribution in [2.24, 2.45) is 0 Å². The summed E-state index contributed by atoms with van der Waals surface area (Å²) in [5, 5.41) is 4.78. The summed E-state index contributed by atoms with van der Waals surface area (Å²) in [7, 11) is 0. The molecule has 0 unspecified atom stereocenters. The Hall–Kier alpha value is -5.54. The van der Waals surface area contributed by atoms with Gasteiger partial charge in [0.25, 0.3) is 0 Å². The second-order valence-electron chi connectivity index (χ2n) is 10.6. The summed E-state index contributed by atoms with van der Waals surface area (Å²) in [6, 6.07) is 51.8. The van der Waals surface area contributed by atoms with Crippen LogP contribution in [-0.2, 0) is 0 Å². The Morgan fingerprint density at radius 2 is 0.976 bits per heavy atom. The molecule has 0 amide bonds. The fourth-order valence-corrected chi connectivity index (χ4v) is 6.50. The van der Waals surface area contributed by atoms with Crippen LogP contribution in [0.3, 0.4) is 0 Å². The second-order valence-corrected chi connectivity index (χ2v) is 10.6. The van der Waals surface area contributed by atoms with Crippen LogP contribution in [0.1, 0.15) is 0 Å². The Kier molecular flexibility index (Phi) is 4.61. The Balaban J connectivity index is 1.21. The van der Waals surface area contributed by atoms with Crippen LogP contribution in [0.25, 0.3) is 77.3 Å². The fraction of sp³-hybridized carbons (Fsp3) is 0. The van der Waals surface area contributed by atoms with Gasteiger partial charge in [-0.3, -0.25) is 0 Å². The molecule has 0 saturated carbocycles. The number of hydrogen-bond donors (Lipinski definition) is 0. The summed E-state index contributed by atoms with van der Waals surface area (Å²) < 4.78 is 11.0. The number of nitrogens with zero attached hydrogens (tertiary/aromatic N) is 2. The summed E-state index contributed by atoms with van der Waals surface area (Å²) >= 11 is 0. The molecule has 3 nitrogen and oxygen atoms in total. The largest absolute Gasteiger partial charge is 0.454 e. The first-order valence-electron chi connectivity index (χ1n) is 14.0. The molecule has 3 heterocycles. The van der Waals surface area contributed by atoms with Crippen LogP contribution in [0.5, 0.6) is 0 Å². The van der Waals surface area contributed by atoms with Crippen LogP contribution in [-0.4, -0.2) is 9.13 Å². The van der Waals surface area contributed by atoms with E-state index in [2.05, 4.69) is 143 Å². The minimum Gasteiger partial charge on any atom is -0.454 e. The van der Waals surface area contributed by atoms with Crippen molar-refractivity contribution in [3.63, 3.8) is 0 Å². The SMILES string of the molecule is c1ccc(-n2c3ccccc3c3cc(-c4ccc(-n5c6ccccc6c6oc7ccccc7c65)cc4)ccc32)cc1. The van der Waals surface area contributed by atoms with Crippen molar-refractivity contribution in [1.29, 1.82) is 0 Å². The lowest BCUT2D eigenvalue weighted by molar-refractivity contribution is 0.673. The lowest BCUT2D eigenvalue weighted by Gasteiger charge is -2.10. The predicted molar refractivity (Wildman–Crippen MR) is 170 cm³/mol. The molecular formula is C38H24N2O. The van der Waals surface area contributed by atoms with Crippen molar-refractivity contribution in [3.8, 4) is 22.5 Å². The zero-order chi connectivity index (χ0) is 26.9. The number of para-hydroxylation sites is 4. The third kappa shape index (κ3) is 3.20. The van der Waals surface area contributed by atoms with Gasteiger partial charge in [0, 0.05) is 32.9 Å². The first kappa shape index (κ1) is 22.3. The molecule has 0 aliphatic rings. The quantitative estimate of drug-likeness (QED) is 0.225. The Morgan fingerprint density at radius 3 is 1.78 bits per heavy atom. The number of furan rings is 1. The monoisotopic (exact) mass is 524 g/mol. The van der Waals surface area contributed by atoms with Crippen LogP contribution in [0.4, 0.5) is 0 Å². The average molecular weight is 525 g/mol. The highest BCUT2D eigenvalue weighted by molar-refractivity contribution is 6.16. The molecule has 3 aromatic heterocycles. The van der Waals surface area contributed by atoms with Crippen LogP contribution in [0, 0.1) is 0 Å². The van der Waals surface area contributed by atoms with E-state index >= 15 is 0 Å². The van der Waals surface area contributed by atoms with E-state index in [0.29, 0.717) is 0 Å². The lowest BCUT2D eigenvalue weighted by Crippen LogP contribution is -1.94. The van der Waals surface area contributed by atoms with Gasteiger partial charge < -0.3 is 13.6 Å². The Bertz CT molecular complexity index is 2400. The standard InChI is InChI=1S/C38H24N2O/c1-2-10-27(11-3-1)39-33-15-7-4-12-29(33)32-24-26(20-23-35(32)39)25-18-21-28(22-19-25)40-34-16-8-5-13-30(34)38-37(40)31-14-6-9-17-36(31)41-38/h1-24H. The summed E-state index contributed by atoms with van der Waals surface area (Å²) in [6.07, 6.45) is 0. The van der Waals surface area contributed by atoms with Gasteiger partial charge in [-0.15, -0.1) is 0 Å². The first-order chi connectivity index (χ1) is 20.3. The van der Waals surface area contributed by atoms with E-state index in [1.165, 1.54) is 38.6 Å². The molecular weight excluding hydrogens is 500 g/mol. The topological polar surface area (TPSA) is 23.0 Å². The number of fused-ring (bicyclic) bond motifs is 8. The average Bonchev–Trinajstić information content (AvgIpc) is 3.68. The predicted octanol–water partition coefficient (Wildman–Crippen LogP) is 10.3. The Labute approximate surface area is 236 Å². The van der Waals surface area contributed by atoms with Gasteiger partial charge in [0.05, 0.1) is 16.6 Å². The van der Waals surface area contributed by atoms with Gasteiger partial charge in [-0.25, -0.2) is 0 Å². The van der Waals surface area contributed by atoms with Gasteiger partial charge in [0.1, 0.15) is 11.1 Å². The van der Waals surface area contributed by atoms with E-state index in [4.69, 9.17) is 4.42 Å². The molecule has 9 rings (SSSR count). The second kappa shape index (κ2) is 8.48. The first-order valence-corrected chi connectivity index (χ1v) is 14.0. The van der Waals surface area contributed by atoms with Crippen LogP contribution in [0.2, 0.25) is 0 Å². The zero-order valence-corrected chi connectivity index (χ0v) is 22.2. The summed E-state index contributed by atoms with van der Waals surface area (Å²) in [5.74, 6) is 0. The van der Waals surface area contributed by atoms with Gasteiger partial charge in [-0.2, -0.15) is 0 Å². The van der Waals surface area contributed by atoms with Crippen molar-refractivity contribution in [1.82, 2.24) is 9.13 Å². The van der Waals surface area contributed by atoms with Crippen molar-refractivity contribution in [2.45, 2.75) is 0 Å². The lowest BCUT2D eigenvalue weighted by atomic mass is 10.0. The van der Waals surface area contributed by atoms with Crippen molar-refractivity contribution < 1.29 is 4.42 Å². The summed E-state index contributed by atoms with van der Waals surface area (Å²) in [5.41, 5.74) is 11.2. The fourth-order valence-electron chi connectivity index (χ4n) is 6.50. The molecule has 192 valence electrons. The molecule has 0 atom stereocenters. The van der Waals surface area contributed by atoms with Crippen molar-refractivity contribution in [3.05, 3.63) is 146 Å². The van der Waals surface area contributed by atoms with Crippen LogP contribution < -0.4 is 0 Å². The van der Waals surface area contributed by atoms with Crippen molar-refractivity contribution >= 4 is 54.8 Å². The highest BCUT2D eigenvalue weighted by Gasteiger charge is 2.19. The molecule has 3 heteroatoms. The Morgan fingerprint density at radius 1 is 0.390 bits per heavy atom. The van der Waals surface area contributed by atoms with E-state index in [1.54, 1.807) is 0 Å². The van der Waals surface area contributed by atoms with Crippen LogP contribution >= 0.6 is 0 Å². The molecule has 0 N–H and O–H groups in total. The third-order valence-corrected chi connectivity index (χ3v) is 8.33. The number of benzene rings is 6. The maximum atomic E-state index is 6.35. The molecule has 0 aliphatic carbocycles. The smallest absolute Gasteiger partial charge is 0.161 e. The normalized spacial score (nSPS) is 11.9. The van der Waals surface area contributed by atoms with Crippen LogP contribution in [0.15, 0.2) is 150 Å². The van der Waals surface area contributed by atoms with E-state index in [0.717, 1.165) is 38.7 Å². The van der Waals surface area contributed by atoms with E-state index in [1.807, 2.05) is 12.1 Å². The van der Waals surface area contributed by atoms with Crippen molar-refractivity contribution in [2.75, 3.05) is 0 Å². The molecule has 0 fully saturated rings. The molecule has 0 aliphatic heterocycles. The van der Waals surface area contributed by atoms with Gasteiger partial charge in [-0.05, 0) is 77.9 Å². The molecule has 41 heavy (non-hydrogen) atoms. The maximum Gasteiger partial charge on any atom is 0.161 e. The summed E-state index contributed by atoms with van der Waals surface area (Å²) in [6.45, 7) is 0. The minimum atomic E-state index is 0.914. The van der Waals surface area contributed by atoms with Gasteiger partial charge >= 0.3 is 0 Å². The van der Waals surface area contributed by atoms with Gasteiger partial charge in [0.15, 0.2) is 5.58 Å². The molecule has 0 spiro atoms. The highest BCUT2D eigenvalue weighted by Crippen LogP contribution is 2.39.